The van der Waals surface area contributed by atoms with Crippen LogP contribution in [-0.4, -0.2) is 19.5 Å². The van der Waals surface area contributed by atoms with E-state index in [1.807, 2.05) is 18.2 Å². The molecule has 0 spiro atoms. The number of allylic oxidation sites excluding steroid dienone is 1. The van der Waals surface area contributed by atoms with Crippen molar-refractivity contribution < 1.29 is 0 Å². The van der Waals surface area contributed by atoms with Gasteiger partial charge in [0.25, 0.3) is 0 Å². The van der Waals surface area contributed by atoms with E-state index in [4.69, 9.17) is 15.0 Å². The van der Waals surface area contributed by atoms with E-state index in [1.165, 1.54) is 38.5 Å². The number of hydrogen-bond acceptors (Lipinski definition) is 3. The van der Waals surface area contributed by atoms with Gasteiger partial charge in [0, 0.05) is 33.2 Å². The van der Waals surface area contributed by atoms with Crippen molar-refractivity contribution in [2.45, 2.75) is 13.3 Å². The first-order chi connectivity index (χ1) is 25.7. The lowest BCUT2D eigenvalue weighted by atomic mass is 9.93. The van der Waals surface area contributed by atoms with Gasteiger partial charge >= 0.3 is 0 Å². The smallest absolute Gasteiger partial charge is 0.164 e. The van der Waals surface area contributed by atoms with Crippen molar-refractivity contribution >= 4 is 38.5 Å². The zero-order chi connectivity index (χ0) is 34.6. The van der Waals surface area contributed by atoms with Crippen LogP contribution in [-0.2, 0) is 6.42 Å². The molecule has 4 nitrogen and oxygen atoms in total. The van der Waals surface area contributed by atoms with Crippen LogP contribution < -0.4 is 0 Å². The van der Waals surface area contributed by atoms with Crippen LogP contribution in [0.2, 0.25) is 0 Å². The van der Waals surface area contributed by atoms with Crippen molar-refractivity contribution in [1.29, 1.82) is 0 Å². The molecule has 1 aliphatic carbocycles. The molecule has 1 unspecified atom stereocenters. The van der Waals surface area contributed by atoms with Crippen molar-refractivity contribution in [3.05, 3.63) is 175 Å². The quantitative estimate of drug-likeness (QED) is 0.184. The molecule has 246 valence electrons. The molecule has 0 N–H and O–H groups in total. The molecule has 10 rings (SSSR count). The van der Waals surface area contributed by atoms with Crippen molar-refractivity contribution in [3.8, 4) is 51.0 Å². The first-order valence-corrected chi connectivity index (χ1v) is 17.9. The molecule has 1 atom stereocenters. The monoisotopic (exact) mass is 666 g/mol. The van der Waals surface area contributed by atoms with Crippen LogP contribution in [0, 0.1) is 5.92 Å². The third-order valence-electron chi connectivity index (χ3n) is 10.4. The number of fused-ring (bicyclic) bond motifs is 5. The molecule has 0 bridgehead atoms. The van der Waals surface area contributed by atoms with Gasteiger partial charge in [0.2, 0.25) is 0 Å². The average molecular weight is 667 g/mol. The Labute approximate surface area is 302 Å². The van der Waals surface area contributed by atoms with Gasteiger partial charge in [-0.3, -0.25) is 0 Å². The molecule has 0 radical (unpaired) electrons. The van der Waals surface area contributed by atoms with Crippen LogP contribution in [0.15, 0.2) is 164 Å². The molecule has 9 aromatic rings. The van der Waals surface area contributed by atoms with Gasteiger partial charge in [-0.1, -0.05) is 159 Å². The average Bonchev–Trinajstić information content (AvgIpc) is 3.53. The zero-order valence-corrected chi connectivity index (χ0v) is 28.7. The Morgan fingerprint density at radius 3 is 1.92 bits per heavy atom. The minimum absolute atomic E-state index is 0.511. The maximum Gasteiger partial charge on any atom is 0.164 e. The molecule has 4 heteroatoms. The Balaban J connectivity index is 1.14. The molecular weight excluding hydrogens is 633 g/mol. The van der Waals surface area contributed by atoms with Crippen molar-refractivity contribution in [3.63, 3.8) is 0 Å². The molecule has 0 aliphatic heterocycles. The predicted octanol–water partition coefficient (Wildman–Crippen LogP) is 12.0. The first kappa shape index (κ1) is 30.2. The molecule has 2 heterocycles. The highest BCUT2D eigenvalue weighted by Crippen LogP contribution is 2.39. The normalized spacial score (nSPS) is 13.9. The van der Waals surface area contributed by atoms with Gasteiger partial charge in [-0.2, -0.15) is 0 Å². The first-order valence-electron chi connectivity index (χ1n) is 17.9. The molecule has 1 aliphatic rings. The lowest BCUT2D eigenvalue weighted by molar-refractivity contribution is 0.718. The molecule has 52 heavy (non-hydrogen) atoms. The number of rotatable bonds is 5. The highest BCUT2D eigenvalue weighted by atomic mass is 15.0. The van der Waals surface area contributed by atoms with Gasteiger partial charge in [-0.25, -0.2) is 15.0 Å². The summed E-state index contributed by atoms with van der Waals surface area (Å²) in [7, 11) is 0. The summed E-state index contributed by atoms with van der Waals surface area (Å²) in [6, 6.07) is 55.6. The lowest BCUT2D eigenvalue weighted by Crippen LogP contribution is -2.06. The minimum Gasteiger partial charge on any atom is -0.309 e. The number of nitrogens with zero attached hydrogens (tertiary/aromatic N) is 4. The van der Waals surface area contributed by atoms with Gasteiger partial charge < -0.3 is 4.57 Å². The maximum absolute atomic E-state index is 5.18. The molecule has 0 saturated carbocycles. The molecule has 7 aromatic carbocycles. The van der Waals surface area contributed by atoms with E-state index in [0.29, 0.717) is 23.4 Å². The summed E-state index contributed by atoms with van der Waals surface area (Å²) in [6.07, 6.45) is 5.68. The SMILES string of the molecule is CC1C=Cc2c(c3ccccc3n2-c2cccc3c(-c4nc(-c5ccccc5)nc(-c5ccc(-c6cccc7ccccc67)cc5)n4)cccc23)C1. The van der Waals surface area contributed by atoms with Crippen LogP contribution in [0.5, 0.6) is 0 Å². The van der Waals surface area contributed by atoms with Crippen molar-refractivity contribution in [2.75, 3.05) is 0 Å². The fourth-order valence-corrected chi connectivity index (χ4v) is 7.92. The third-order valence-corrected chi connectivity index (χ3v) is 10.4. The van der Waals surface area contributed by atoms with E-state index in [2.05, 4.69) is 163 Å². The van der Waals surface area contributed by atoms with Gasteiger partial charge in [-0.15, -0.1) is 0 Å². The fraction of sp³-hybridized carbons (Fsp3) is 0.0625. The number of para-hydroxylation sites is 1. The van der Waals surface area contributed by atoms with Gasteiger partial charge in [-0.05, 0) is 63.4 Å². The zero-order valence-electron chi connectivity index (χ0n) is 28.7. The second kappa shape index (κ2) is 12.3. The van der Waals surface area contributed by atoms with Gasteiger partial charge in [0.1, 0.15) is 0 Å². The Hall–Kier alpha value is -6.65. The summed E-state index contributed by atoms with van der Waals surface area (Å²) >= 11 is 0. The Morgan fingerprint density at radius 2 is 1.08 bits per heavy atom. The summed E-state index contributed by atoms with van der Waals surface area (Å²) in [5.74, 6) is 2.46. The second-order valence-corrected chi connectivity index (χ2v) is 13.7. The van der Waals surface area contributed by atoms with E-state index >= 15 is 0 Å². The van der Waals surface area contributed by atoms with Crippen LogP contribution >= 0.6 is 0 Å². The van der Waals surface area contributed by atoms with Crippen molar-refractivity contribution in [2.24, 2.45) is 5.92 Å². The molecule has 0 amide bonds. The standard InChI is InChI=1S/C48H34N4/c1-31-24-29-45-42(30-31)40-17-7-8-22-43(40)52(45)44-23-11-19-38-39(44)20-10-21-41(38)48-50-46(34-13-3-2-4-14-34)49-47(51-48)35-27-25-33(26-28-35)37-18-9-15-32-12-5-6-16-36(32)37/h2-29,31H,30H2,1H3. The highest BCUT2D eigenvalue weighted by molar-refractivity contribution is 6.02. The third kappa shape index (κ3) is 5.03. The van der Waals surface area contributed by atoms with E-state index < -0.39 is 0 Å². The van der Waals surface area contributed by atoms with Gasteiger partial charge in [0.15, 0.2) is 17.5 Å². The summed E-state index contributed by atoms with van der Waals surface area (Å²) in [5, 5.41) is 6.04. The second-order valence-electron chi connectivity index (χ2n) is 13.7. The van der Waals surface area contributed by atoms with Crippen LogP contribution in [0.3, 0.4) is 0 Å². The summed E-state index contributed by atoms with van der Waals surface area (Å²) in [4.78, 5) is 15.4. The molecule has 0 saturated heterocycles. The van der Waals surface area contributed by atoms with E-state index in [9.17, 15) is 0 Å². The summed E-state index contributed by atoms with van der Waals surface area (Å²) in [6.45, 7) is 2.29. The lowest BCUT2D eigenvalue weighted by Gasteiger charge is -2.17. The van der Waals surface area contributed by atoms with E-state index in [1.54, 1.807) is 0 Å². The maximum atomic E-state index is 5.18. The number of aromatic nitrogens is 4. The molecule has 2 aromatic heterocycles. The topological polar surface area (TPSA) is 43.6 Å². The van der Waals surface area contributed by atoms with Crippen molar-refractivity contribution in [1.82, 2.24) is 19.5 Å². The molecular formula is C48H34N4. The Morgan fingerprint density at radius 1 is 0.481 bits per heavy atom. The molecule has 0 fully saturated rings. The fourth-order valence-electron chi connectivity index (χ4n) is 7.92. The Bertz CT molecular complexity index is 2820. The summed E-state index contributed by atoms with van der Waals surface area (Å²) < 4.78 is 2.44. The number of benzene rings is 7. The Kier molecular flexibility index (Phi) is 7.14. The minimum atomic E-state index is 0.511. The highest BCUT2D eigenvalue weighted by Gasteiger charge is 2.22. The number of hydrogen-bond donors (Lipinski definition) is 0. The van der Waals surface area contributed by atoms with Crippen LogP contribution in [0.25, 0.3) is 89.5 Å². The van der Waals surface area contributed by atoms with E-state index in [-0.39, 0.29) is 0 Å². The van der Waals surface area contributed by atoms with Gasteiger partial charge in [0.05, 0.1) is 11.2 Å². The van der Waals surface area contributed by atoms with E-state index in [0.717, 1.165) is 45.1 Å². The van der Waals surface area contributed by atoms with Crippen LogP contribution in [0.4, 0.5) is 0 Å². The predicted molar refractivity (Wildman–Crippen MR) is 215 cm³/mol. The largest absolute Gasteiger partial charge is 0.309 e. The summed E-state index contributed by atoms with van der Waals surface area (Å²) in [5.41, 5.74) is 10.3. The van der Waals surface area contributed by atoms with Crippen LogP contribution in [0.1, 0.15) is 18.2 Å².